The van der Waals surface area contributed by atoms with E-state index in [1.165, 1.54) is 18.2 Å². The Balaban J connectivity index is 1.92. The average molecular weight is 447 g/mol. The number of likely N-dealkylation sites (tertiary alicyclic amines) is 1. The maximum Gasteiger partial charge on any atom is 0.417 e. The van der Waals surface area contributed by atoms with Gasteiger partial charge in [-0.15, -0.1) is 0 Å². The van der Waals surface area contributed by atoms with Crippen molar-refractivity contribution in [2.75, 3.05) is 17.8 Å². The predicted octanol–water partition coefficient (Wildman–Crippen LogP) is 4.70. The fraction of sp³-hybridized carbons (Fsp3) is 0.316. The molecule has 3 rings (SSSR count). The van der Waals surface area contributed by atoms with Gasteiger partial charge in [0.15, 0.2) is 0 Å². The molecule has 1 aliphatic rings. The third-order valence-corrected chi connectivity index (χ3v) is 6.38. The lowest BCUT2D eigenvalue weighted by Crippen LogP contribution is -2.28. The molecule has 0 atom stereocenters. The largest absolute Gasteiger partial charge is 0.417 e. The zero-order valence-corrected chi connectivity index (χ0v) is 17.0. The quantitative estimate of drug-likeness (QED) is 0.740. The smallest absolute Gasteiger partial charge is 0.339 e. The molecule has 1 saturated heterocycles. The summed E-state index contributed by atoms with van der Waals surface area (Å²) in [6, 6.07) is 6.79. The molecule has 0 radical (unpaired) electrons. The highest BCUT2D eigenvalue weighted by Gasteiger charge is 2.33. The Bertz CT molecular complexity index is 1050. The average Bonchev–Trinajstić information content (AvgIpc) is 3.16. The van der Waals surface area contributed by atoms with Gasteiger partial charge in [-0.05, 0) is 55.7 Å². The van der Waals surface area contributed by atoms with E-state index in [2.05, 4.69) is 4.72 Å². The molecule has 0 saturated carbocycles. The Morgan fingerprint density at radius 3 is 2.38 bits per heavy atom. The van der Waals surface area contributed by atoms with Crippen LogP contribution in [0.3, 0.4) is 0 Å². The summed E-state index contributed by atoms with van der Waals surface area (Å²) in [5.74, 6) is -0.261. The van der Waals surface area contributed by atoms with Crippen molar-refractivity contribution in [3.05, 3.63) is 58.1 Å². The lowest BCUT2D eigenvalue weighted by atomic mass is 10.1. The van der Waals surface area contributed by atoms with Gasteiger partial charge in [-0.1, -0.05) is 17.7 Å². The number of benzene rings is 2. The predicted molar refractivity (Wildman–Crippen MR) is 104 cm³/mol. The standard InChI is InChI=1S/C19H18ClF3N2O3S/c1-12-4-6-14(11-15(12)18(26)25-8-2-3-9-25)29(27,28)24-13-5-7-17(20)16(10-13)19(21,22)23/h4-7,10-11,24H,2-3,8-9H2,1H3. The highest BCUT2D eigenvalue weighted by atomic mass is 35.5. The lowest BCUT2D eigenvalue weighted by molar-refractivity contribution is -0.137. The summed E-state index contributed by atoms with van der Waals surface area (Å²) < 4.78 is 66.6. The number of sulfonamides is 1. The van der Waals surface area contributed by atoms with Crippen molar-refractivity contribution in [2.24, 2.45) is 0 Å². The number of alkyl halides is 3. The first kappa shape index (κ1) is 21.4. The molecular formula is C19H18ClF3N2O3S. The fourth-order valence-electron chi connectivity index (χ4n) is 3.11. The van der Waals surface area contributed by atoms with Crippen LogP contribution in [-0.4, -0.2) is 32.3 Å². The van der Waals surface area contributed by atoms with Gasteiger partial charge in [0, 0.05) is 24.3 Å². The zero-order valence-electron chi connectivity index (χ0n) is 15.4. The molecule has 1 aliphatic heterocycles. The number of nitrogens with zero attached hydrogens (tertiary/aromatic N) is 1. The van der Waals surface area contributed by atoms with Gasteiger partial charge in [0.1, 0.15) is 0 Å². The minimum atomic E-state index is -4.72. The van der Waals surface area contributed by atoms with Crippen molar-refractivity contribution >= 4 is 33.2 Å². The number of halogens is 4. The number of hydrogen-bond acceptors (Lipinski definition) is 3. The van der Waals surface area contributed by atoms with Crippen LogP contribution >= 0.6 is 11.6 Å². The van der Waals surface area contributed by atoms with E-state index in [1.54, 1.807) is 11.8 Å². The van der Waals surface area contributed by atoms with Crippen molar-refractivity contribution in [1.82, 2.24) is 4.90 Å². The molecule has 1 N–H and O–H groups in total. The fourth-order valence-corrected chi connectivity index (χ4v) is 4.41. The van der Waals surface area contributed by atoms with Gasteiger partial charge in [0.05, 0.1) is 15.5 Å². The normalized spacial score (nSPS) is 14.9. The van der Waals surface area contributed by atoms with Gasteiger partial charge < -0.3 is 4.90 Å². The molecule has 0 aromatic heterocycles. The van der Waals surface area contributed by atoms with E-state index < -0.39 is 26.8 Å². The molecule has 0 bridgehead atoms. The summed E-state index contributed by atoms with van der Waals surface area (Å²) >= 11 is 5.56. The number of amides is 1. The molecule has 0 aliphatic carbocycles. The summed E-state index contributed by atoms with van der Waals surface area (Å²) in [5.41, 5.74) is -0.559. The first-order valence-corrected chi connectivity index (χ1v) is 10.6. The Kier molecular flexibility index (Phi) is 5.82. The molecule has 5 nitrogen and oxygen atoms in total. The van der Waals surface area contributed by atoms with Crippen molar-refractivity contribution in [2.45, 2.75) is 30.8 Å². The number of anilines is 1. The van der Waals surface area contributed by atoms with Crippen molar-refractivity contribution in [3.8, 4) is 0 Å². The molecule has 29 heavy (non-hydrogen) atoms. The van der Waals surface area contributed by atoms with Crippen LogP contribution in [0.2, 0.25) is 5.02 Å². The van der Waals surface area contributed by atoms with Crippen molar-refractivity contribution in [1.29, 1.82) is 0 Å². The second-order valence-corrected chi connectivity index (χ2v) is 8.86. The second kappa shape index (κ2) is 7.87. The van der Waals surface area contributed by atoms with Gasteiger partial charge in [-0.3, -0.25) is 9.52 Å². The van der Waals surface area contributed by atoms with Crippen LogP contribution in [0, 0.1) is 6.92 Å². The molecule has 2 aromatic carbocycles. The number of nitrogens with one attached hydrogen (secondary N) is 1. The number of carbonyl (C=O) groups is 1. The highest BCUT2D eigenvalue weighted by molar-refractivity contribution is 7.92. The highest BCUT2D eigenvalue weighted by Crippen LogP contribution is 2.36. The van der Waals surface area contributed by atoms with E-state index in [0.717, 1.165) is 25.0 Å². The van der Waals surface area contributed by atoms with Gasteiger partial charge in [-0.2, -0.15) is 13.2 Å². The summed E-state index contributed by atoms with van der Waals surface area (Å²) in [5, 5.41) is -0.533. The van der Waals surface area contributed by atoms with Crippen LogP contribution in [0.4, 0.5) is 18.9 Å². The van der Waals surface area contributed by atoms with Crippen molar-refractivity contribution < 1.29 is 26.4 Å². The first-order chi connectivity index (χ1) is 13.5. The van der Waals surface area contributed by atoms with E-state index in [9.17, 15) is 26.4 Å². The monoisotopic (exact) mass is 446 g/mol. The Hall–Kier alpha value is -2.26. The van der Waals surface area contributed by atoms with Gasteiger partial charge >= 0.3 is 6.18 Å². The molecular weight excluding hydrogens is 429 g/mol. The maximum atomic E-state index is 13.0. The Morgan fingerprint density at radius 1 is 1.10 bits per heavy atom. The van der Waals surface area contributed by atoms with Crippen LogP contribution < -0.4 is 4.72 Å². The van der Waals surface area contributed by atoms with E-state index >= 15 is 0 Å². The van der Waals surface area contributed by atoms with E-state index in [4.69, 9.17) is 11.6 Å². The lowest BCUT2D eigenvalue weighted by Gasteiger charge is -2.18. The number of rotatable bonds is 4. The number of hydrogen-bond donors (Lipinski definition) is 1. The molecule has 0 spiro atoms. The number of carbonyl (C=O) groups excluding carboxylic acids is 1. The van der Waals surface area contributed by atoms with Crippen LogP contribution in [-0.2, 0) is 16.2 Å². The molecule has 10 heteroatoms. The van der Waals surface area contributed by atoms with Crippen molar-refractivity contribution in [3.63, 3.8) is 0 Å². The Labute approximate surface area is 171 Å². The molecule has 1 fully saturated rings. The molecule has 1 heterocycles. The molecule has 2 aromatic rings. The minimum Gasteiger partial charge on any atom is -0.339 e. The maximum absolute atomic E-state index is 13.0. The van der Waals surface area contributed by atoms with Crippen LogP contribution in [0.15, 0.2) is 41.3 Å². The van der Waals surface area contributed by atoms with Crippen LogP contribution in [0.1, 0.15) is 34.3 Å². The van der Waals surface area contributed by atoms with Crippen LogP contribution in [0.25, 0.3) is 0 Å². The van der Waals surface area contributed by atoms with E-state index in [-0.39, 0.29) is 22.1 Å². The van der Waals surface area contributed by atoms with Crippen LogP contribution in [0.5, 0.6) is 0 Å². The summed E-state index contributed by atoms with van der Waals surface area (Å²) in [6.45, 7) is 2.92. The third-order valence-electron chi connectivity index (χ3n) is 4.67. The molecule has 1 amide bonds. The van der Waals surface area contributed by atoms with E-state index in [0.29, 0.717) is 24.7 Å². The summed E-state index contributed by atoms with van der Waals surface area (Å²) in [7, 11) is -4.22. The van der Waals surface area contributed by atoms with E-state index in [1.807, 2.05) is 0 Å². The first-order valence-electron chi connectivity index (χ1n) is 8.78. The number of aryl methyl sites for hydroxylation is 1. The SMILES string of the molecule is Cc1ccc(S(=O)(=O)Nc2ccc(Cl)c(C(F)(F)F)c2)cc1C(=O)N1CCCC1. The topological polar surface area (TPSA) is 66.5 Å². The zero-order chi connectivity index (χ0) is 21.4. The second-order valence-electron chi connectivity index (χ2n) is 6.77. The summed E-state index contributed by atoms with van der Waals surface area (Å²) in [4.78, 5) is 14.1. The third kappa shape index (κ3) is 4.67. The minimum absolute atomic E-state index is 0.214. The van der Waals surface area contributed by atoms with Gasteiger partial charge in [-0.25, -0.2) is 8.42 Å². The van der Waals surface area contributed by atoms with Gasteiger partial charge in [0.25, 0.3) is 15.9 Å². The molecule has 0 unspecified atom stereocenters. The molecule has 156 valence electrons. The summed E-state index contributed by atoms with van der Waals surface area (Å²) in [6.07, 6.45) is -2.94. The van der Waals surface area contributed by atoms with Gasteiger partial charge in [0.2, 0.25) is 0 Å². The Morgan fingerprint density at radius 2 is 1.76 bits per heavy atom.